The maximum absolute atomic E-state index is 6.63. The van der Waals surface area contributed by atoms with Crippen LogP contribution in [0.15, 0.2) is 174 Å². The molecule has 47 heavy (non-hydrogen) atoms. The van der Waals surface area contributed by atoms with Crippen molar-refractivity contribution in [3.63, 3.8) is 0 Å². The highest BCUT2D eigenvalue weighted by Gasteiger charge is 2.19. The lowest BCUT2D eigenvalue weighted by Gasteiger charge is -2.19. The van der Waals surface area contributed by atoms with Crippen LogP contribution in [0.25, 0.3) is 98.4 Å². The zero-order valence-electron chi connectivity index (χ0n) is 25.6. The smallest absolute Gasteiger partial charge is 0.143 e. The lowest BCUT2D eigenvalue weighted by atomic mass is 9.84. The van der Waals surface area contributed by atoms with E-state index < -0.39 is 0 Å². The van der Waals surface area contributed by atoms with Gasteiger partial charge in [0.15, 0.2) is 0 Å². The van der Waals surface area contributed by atoms with Gasteiger partial charge in [0.1, 0.15) is 11.2 Å². The molecule has 1 aromatic heterocycles. The van der Waals surface area contributed by atoms with Crippen LogP contribution in [0, 0.1) is 0 Å². The highest BCUT2D eigenvalue weighted by atomic mass is 16.3. The molecule has 0 saturated carbocycles. The third-order valence-corrected chi connectivity index (χ3v) is 9.82. The molecule has 0 N–H and O–H groups in total. The van der Waals surface area contributed by atoms with Crippen molar-refractivity contribution in [3.05, 3.63) is 170 Å². The van der Waals surface area contributed by atoms with E-state index in [9.17, 15) is 0 Å². The Morgan fingerprint density at radius 3 is 1.55 bits per heavy atom. The first-order valence-corrected chi connectivity index (χ1v) is 16.2. The van der Waals surface area contributed by atoms with Gasteiger partial charge in [0.05, 0.1) is 0 Å². The van der Waals surface area contributed by atoms with E-state index in [-0.39, 0.29) is 0 Å². The Morgan fingerprint density at radius 2 is 0.809 bits per heavy atom. The first kappa shape index (κ1) is 26.1. The average molecular weight is 597 g/mol. The predicted molar refractivity (Wildman–Crippen MR) is 200 cm³/mol. The first-order valence-electron chi connectivity index (χ1n) is 16.2. The van der Waals surface area contributed by atoms with Crippen LogP contribution in [0.3, 0.4) is 0 Å². The summed E-state index contributed by atoms with van der Waals surface area (Å²) in [5, 5.41) is 12.2. The predicted octanol–water partition coefficient (Wildman–Crippen LogP) is 13.2. The van der Waals surface area contributed by atoms with Gasteiger partial charge in [0, 0.05) is 16.3 Å². The zero-order valence-corrected chi connectivity index (χ0v) is 25.6. The molecule has 0 unspecified atom stereocenters. The molecule has 9 aromatic carbocycles. The molecule has 0 fully saturated rings. The van der Waals surface area contributed by atoms with Gasteiger partial charge in [-0.25, -0.2) is 0 Å². The molecule has 0 amide bonds. The topological polar surface area (TPSA) is 13.1 Å². The molecule has 0 atom stereocenters. The minimum Gasteiger partial charge on any atom is -0.455 e. The van der Waals surface area contributed by atoms with E-state index in [2.05, 4.69) is 170 Å². The van der Waals surface area contributed by atoms with Crippen LogP contribution in [-0.4, -0.2) is 0 Å². The molecule has 0 aliphatic rings. The number of hydrogen-bond acceptors (Lipinski definition) is 1. The lowest BCUT2D eigenvalue weighted by molar-refractivity contribution is 0.670. The van der Waals surface area contributed by atoms with E-state index in [1.807, 2.05) is 0 Å². The molecule has 0 saturated heterocycles. The van der Waals surface area contributed by atoms with Gasteiger partial charge in [-0.05, 0) is 89.1 Å². The van der Waals surface area contributed by atoms with Crippen molar-refractivity contribution < 1.29 is 4.42 Å². The summed E-state index contributed by atoms with van der Waals surface area (Å²) in [6.45, 7) is 0. The van der Waals surface area contributed by atoms with Crippen molar-refractivity contribution in [1.82, 2.24) is 0 Å². The third kappa shape index (κ3) is 3.97. The molecule has 1 heterocycles. The van der Waals surface area contributed by atoms with Crippen LogP contribution >= 0.6 is 0 Å². The summed E-state index contributed by atoms with van der Waals surface area (Å²) >= 11 is 0. The Bertz CT molecular complexity index is 2790. The van der Waals surface area contributed by atoms with E-state index in [1.54, 1.807) is 0 Å². The second kappa shape index (κ2) is 10.2. The maximum Gasteiger partial charge on any atom is 0.143 e. The molecule has 0 aliphatic carbocycles. The minimum absolute atomic E-state index is 0.920. The fraction of sp³-hybridized carbons (Fsp3) is 0. The van der Waals surface area contributed by atoms with Crippen molar-refractivity contribution in [2.45, 2.75) is 0 Å². The molecule has 1 heteroatoms. The monoisotopic (exact) mass is 596 g/mol. The third-order valence-electron chi connectivity index (χ3n) is 9.82. The molecule has 10 aromatic rings. The fourth-order valence-corrected chi connectivity index (χ4v) is 7.73. The Balaban J connectivity index is 1.23. The van der Waals surface area contributed by atoms with Crippen LogP contribution in [0.5, 0.6) is 0 Å². The number of benzene rings is 9. The van der Waals surface area contributed by atoms with Crippen molar-refractivity contribution in [2.24, 2.45) is 0 Å². The molecular formula is C46H28O. The van der Waals surface area contributed by atoms with Crippen molar-refractivity contribution in [3.8, 4) is 33.4 Å². The molecule has 1 nitrogen and oxygen atoms in total. The van der Waals surface area contributed by atoms with Crippen LogP contribution < -0.4 is 0 Å². The Hall–Kier alpha value is -6.18. The number of para-hydroxylation sites is 1. The summed E-state index contributed by atoms with van der Waals surface area (Å²) < 4.78 is 6.63. The standard InChI is InChI=1S/C46H28O/c1-2-14-31-28-43-42(27-30(31)13-1)41-25-11-23-35(46(41)47-43)32-16-9-17-33(26-32)44-37-19-5-7-21-39(37)45(40-22-8-6-20-38(40)44)36-24-10-15-29-12-3-4-18-34(29)36/h1-28H. The van der Waals surface area contributed by atoms with Gasteiger partial charge in [-0.1, -0.05) is 152 Å². The fourth-order valence-electron chi connectivity index (χ4n) is 7.73. The second-order valence-corrected chi connectivity index (χ2v) is 12.4. The van der Waals surface area contributed by atoms with Gasteiger partial charge in [0.2, 0.25) is 0 Å². The van der Waals surface area contributed by atoms with E-state index >= 15 is 0 Å². The van der Waals surface area contributed by atoms with Crippen molar-refractivity contribution in [1.29, 1.82) is 0 Å². The van der Waals surface area contributed by atoms with Crippen LogP contribution in [0.1, 0.15) is 0 Å². The summed E-state index contributed by atoms with van der Waals surface area (Å²) in [6.07, 6.45) is 0. The Labute approximate surface area is 271 Å². The van der Waals surface area contributed by atoms with Gasteiger partial charge in [-0.2, -0.15) is 0 Å². The summed E-state index contributed by atoms with van der Waals surface area (Å²) in [5.74, 6) is 0. The van der Waals surface area contributed by atoms with E-state index in [4.69, 9.17) is 4.42 Å². The molecular weight excluding hydrogens is 569 g/mol. The van der Waals surface area contributed by atoms with Crippen LogP contribution in [0.2, 0.25) is 0 Å². The first-order chi connectivity index (χ1) is 23.3. The summed E-state index contributed by atoms with van der Waals surface area (Å²) in [7, 11) is 0. The summed E-state index contributed by atoms with van der Waals surface area (Å²) in [4.78, 5) is 0. The minimum atomic E-state index is 0.920. The molecule has 0 radical (unpaired) electrons. The second-order valence-electron chi connectivity index (χ2n) is 12.4. The Kier molecular flexibility index (Phi) is 5.64. The van der Waals surface area contributed by atoms with Crippen LogP contribution in [-0.2, 0) is 0 Å². The van der Waals surface area contributed by atoms with Gasteiger partial charge in [0.25, 0.3) is 0 Å². The molecule has 10 rings (SSSR count). The number of fused-ring (bicyclic) bond motifs is 7. The number of hydrogen-bond donors (Lipinski definition) is 0. The number of furan rings is 1. The zero-order chi connectivity index (χ0) is 30.9. The normalized spacial score (nSPS) is 11.8. The average Bonchev–Trinajstić information content (AvgIpc) is 3.50. The Morgan fingerprint density at radius 1 is 0.298 bits per heavy atom. The van der Waals surface area contributed by atoms with Gasteiger partial charge < -0.3 is 4.42 Å². The van der Waals surface area contributed by atoms with Gasteiger partial charge >= 0.3 is 0 Å². The van der Waals surface area contributed by atoms with E-state index in [1.165, 1.54) is 65.3 Å². The summed E-state index contributed by atoms with van der Waals surface area (Å²) in [6, 6.07) is 61.5. The largest absolute Gasteiger partial charge is 0.455 e. The van der Waals surface area contributed by atoms with Crippen molar-refractivity contribution in [2.75, 3.05) is 0 Å². The molecule has 0 spiro atoms. The summed E-state index contributed by atoms with van der Waals surface area (Å²) in [5.41, 5.74) is 9.09. The van der Waals surface area contributed by atoms with Crippen LogP contribution in [0.4, 0.5) is 0 Å². The highest BCUT2D eigenvalue weighted by molar-refractivity contribution is 6.23. The SMILES string of the molecule is c1cc(-c2c3ccccc3c(-c3cccc4ccccc34)c3ccccc23)cc(-c2cccc3c2oc2cc4ccccc4cc23)c1. The maximum atomic E-state index is 6.63. The lowest BCUT2D eigenvalue weighted by Crippen LogP contribution is -1.92. The quantitative estimate of drug-likeness (QED) is 0.185. The van der Waals surface area contributed by atoms with E-state index in [0.29, 0.717) is 0 Å². The molecule has 0 aliphatic heterocycles. The molecule has 0 bridgehead atoms. The van der Waals surface area contributed by atoms with Gasteiger partial charge in [-0.3, -0.25) is 0 Å². The number of rotatable bonds is 3. The van der Waals surface area contributed by atoms with E-state index in [0.717, 1.165) is 33.1 Å². The van der Waals surface area contributed by atoms with Crippen molar-refractivity contribution >= 4 is 65.0 Å². The highest BCUT2D eigenvalue weighted by Crippen LogP contribution is 2.46. The molecule has 218 valence electrons. The van der Waals surface area contributed by atoms with Gasteiger partial charge in [-0.15, -0.1) is 0 Å².